The van der Waals surface area contributed by atoms with Crippen molar-refractivity contribution in [1.82, 2.24) is 9.97 Å². The van der Waals surface area contributed by atoms with Gasteiger partial charge in [0.15, 0.2) is 0 Å². The van der Waals surface area contributed by atoms with Gasteiger partial charge in [0.05, 0.1) is 18.1 Å². The lowest BCUT2D eigenvalue weighted by Crippen LogP contribution is -2.23. The van der Waals surface area contributed by atoms with Crippen molar-refractivity contribution in [3.05, 3.63) is 29.6 Å². The number of carbonyl (C=O) groups excluding carboxylic acids is 1. The van der Waals surface area contributed by atoms with Gasteiger partial charge >= 0.3 is 5.97 Å². The van der Waals surface area contributed by atoms with Gasteiger partial charge in [-0.25, -0.2) is 4.98 Å². The number of aromatic amines is 1. The Morgan fingerprint density at radius 3 is 2.88 bits per heavy atom. The third-order valence-electron chi connectivity index (χ3n) is 3.42. The predicted molar refractivity (Wildman–Crippen MR) is 63.8 cm³/mol. The van der Waals surface area contributed by atoms with Crippen LogP contribution in [0.4, 0.5) is 0 Å². The minimum atomic E-state index is -0.512. The average molecular weight is 230 g/mol. The molecular formula is C13H14N2O2. The quantitative estimate of drug-likeness (QED) is 0.803. The fourth-order valence-corrected chi connectivity index (χ4v) is 2.21. The van der Waals surface area contributed by atoms with Gasteiger partial charge in [-0.2, -0.15) is 0 Å². The summed E-state index contributed by atoms with van der Waals surface area (Å²) in [4.78, 5) is 19.5. The van der Waals surface area contributed by atoms with Crippen LogP contribution in [0.15, 0.2) is 18.2 Å². The number of hydrogen-bond acceptors (Lipinski definition) is 3. The topological polar surface area (TPSA) is 55.0 Å². The van der Waals surface area contributed by atoms with Gasteiger partial charge in [-0.15, -0.1) is 0 Å². The molecule has 0 spiro atoms. The molecule has 1 N–H and O–H groups in total. The number of aromatic nitrogens is 2. The van der Waals surface area contributed by atoms with Crippen molar-refractivity contribution in [3.8, 4) is 0 Å². The zero-order valence-corrected chi connectivity index (χ0v) is 9.91. The molecule has 1 saturated carbocycles. The zero-order valence-electron chi connectivity index (χ0n) is 9.91. The summed E-state index contributed by atoms with van der Waals surface area (Å²) in [6.45, 7) is 2.03. The molecule has 1 fully saturated rings. The molecule has 1 aliphatic rings. The Balaban J connectivity index is 2.10. The summed E-state index contributed by atoms with van der Waals surface area (Å²) in [5, 5.41) is 0. The highest BCUT2D eigenvalue weighted by molar-refractivity contribution is 5.87. The van der Waals surface area contributed by atoms with Crippen molar-refractivity contribution in [2.75, 3.05) is 7.11 Å². The maximum Gasteiger partial charge on any atom is 0.319 e. The maximum absolute atomic E-state index is 11.8. The summed E-state index contributed by atoms with van der Waals surface area (Å²) in [6, 6.07) is 6.03. The van der Waals surface area contributed by atoms with Crippen LogP contribution in [0.1, 0.15) is 24.2 Å². The Labute approximate surface area is 99.0 Å². The number of benzene rings is 1. The van der Waals surface area contributed by atoms with Crippen LogP contribution in [-0.2, 0) is 14.9 Å². The molecule has 4 heteroatoms. The number of esters is 1. The average Bonchev–Trinajstić information content (AvgIpc) is 3.03. The molecule has 17 heavy (non-hydrogen) atoms. The van der Waals surface area contributed by atoms with Gasteiger partial charge < -0.3 is 9.72 Å². The Morgan fingerprint density at radius 1 is 1.47 bits per heavy atom. The molecule has 0 unspecified atom stereocenters. The number of carbonyl (C=O) groups is 1. The van der Waals surface area contributed by atoms with Crippen LogP contribution in [0, 0.1) is 6.92 Å². The molecule has 1 aromatic carbocycles. The SMILES string of the molecule is COC(=O)C1(c2nc3ccc(C)cc3[nH]2)CC1. The fourth-order valence-electron chi connectivity index (χ4n) is 2.21. The van der Waals surface area contributed by atoms with Crippen molar-refractivity contribution in [2.24, 2.45) is 0 Å². The summed E-state index contributed by atoms with van der Waals surface area (Å²) in [7, 11) is 1.43. The number of H-pyrrole nitrogens is 1. The first-order valence-corrected chi connectivity index (χ1v) is 5.71. The van der Waals surface area contributed by atoms with Gasteiger partial charge in [-0.05, 0) is 37.5 Å². The molecule has 4 nitrogen and oxygen atoms in total. The van der Waals surface area contributed by atoms with Gasteiger partial charge in [0.1, 0.15) is 11.2 Å². The monoisotopic (exact) mass is 230 g/mol. The molecule has 1 aliphatic carbocycles. The summed E-state index contributed by atoms with van der Waals surface area (Å²) < 4.78 is 4.85. The molecule has 88 valence electrons. The van der Waals surface area contributed by atoms with E-state index in [9.17, 15) is 4.79 Å². The second-order valence-corrected chi connectivity index (χ2v) is 4.68. The molecule has 0 aliphatic heterocycles. The first-order chi connectivity index (χ1) is 8.15. The number of ether oxygens (including phenoxy) is 1. The van der Waals surface area contributed by atoms with E-state index < -0.39 is 5.41 Å². The number of imidazole rings is 1. The van der Waals surface area contributed by atoms with E-state index in [1.165, 1.54) is 12.7 Å². The second-order valence-electron chi connectivity index (χ2n) is 4.68. The highest BCUT2D eigenvalue weighted by atomic mass is 16.5. The molecule has 0 amide bonds. The van der Waals surface area contributed by atoms with E-state index in [4.69, 9.17) is 4.74 Å². The van der Waals surface area contributed by atoms with Gasteiger partial charge in [-0.1, -0.05) is 6.07 Å². The number of nitrogens with one attached hydrogen (secondary N) is 1. The smallest absolute Gasteiger partial charge is 0.319 e. The Hall–Kier alpha value is -1.84. The van der Waals surface area contributed by atoms with E-state index >= 15 is 0 Å². The van der Waals surface area contributed by atoms with E-state index in [1.54, 1.807) is 0 Å². The van der Waals surface area contributed by atoms with Crippen molar-refractivity contribution in [2.45, 2.75) is 25.2 Å². The lowest BCUT2D eigenvalue weighted by molar-refractivity contribution is -0.143. The van der Waals surface area contributed by atoms with Crippen LogP contribution in [0.3, 0.4) is 0 Å². The molecule has 0 radical (unpaired) electrons. The lowest BCUT2D eigenvalue weighted by Gasteiger charge is -2.08. The van der Waals surface area contributed by atoms with Crippen LogP contribution >= 0.6 is 0 Å². The van der Waals surface area contributed by atoms with E-state index in [-0.39, 0.29) is 5.97 Å². The maximum atomic E-state index is 11.8. The summed E-state index contributed by atoms with van der Waals surface area (Å²) in [5.41, 5.74) is 2.55. The number of nitrogens with zero attached hydrogens (tertiary/aromatic N) is 1. The molecular weight excluding hydrogens is 216 g/mol. The van der Waals surface area contributed by atoms with Crippen molar-refractivity contribution in [1.29, 1.82) is 0 Å². The molecule has 2 aromatic rings. The first-order valence-electron chi connectivity index (χ1n) is 5.71. The molecule has 3 rings (SSSR count). The van der Waals surface area contributed by atoms with Crippen LogP contribution in [0.2, 0.25) is 0 Å². The normalized spacial score (nSPS) is 17.1. The largest absolute Gasteiger partial charge is 0.468 e. The number of hydrogen-bond donors (Lipinski definition) is 1. The molecule has 0 bridgehead atoms. The Morgan fingerprint density at radius 2 is 2.24 bits per heavy atom. The van der Waals surface area contributed by atoms with Crippen molar-refractivity contribution >= 4 is 17.0 Å². The van der Waals surface area contributed by atoms with Gasteiger partial charge in [0.2, 0.25) is 0 Å². The lowest BCUT2D eigenvalue weighted by atomic mass is 10.1. The molecule has 0 atom stereocenters. The van der Waals surface area contributed by atoms with Crippen LogP contribution in [0.25, 0.3) is 11.0 Å². The number of aryl methyl sites for hydroxylation is 1. The number of rotatable bonds is 2. The molecule has 1 aromatic heterocycles. The van der Waals surface area contributed by atoms with E-state index in [1.807, 2.05) is 25.1 Å². The number of fused-ring (bicyclic) bond motifs is 1. The van der Waals surface area contributed by atoms with Gasteiger partial charge in [0.25, 0.3) is 0 Å². The molecule has 1 heterocycles. The zero-order chi connectivity index (χ0) is 12.0. The standard InChI is InChI=1S/C13H14N2O2/c1-8-3-4-9-10(7-8)15-11(14-9)13(5-6-13)12(16)17-2/h3-4,7H,5-6H2,1-2H3,(H,14,15). The predicted octanol–water partition coefficient (Wildman–Crippen LogP) is 2.08. The van der Waals surface area contributed by atoms with Crippen LogP contribution < -0.4 is 0 Å². The fraction of sp³-hybridized carbons (Fsp3) is 0.385. The second kappa shape index (κ2) is 3.32. The Bertz CT molecular complexity index is 596. The Kier molecular flexibility index (Phi) is 2.02. The van der Waals surface area contributed by atoms with Crippen molar-refractivity contribution < 1.29 is 9.53 Å². The summed E-state index contributed by atoms with van der Waals surface area (Å²) in [6.07, 6.45) is 1.64. The van der Waals surface area contributed by atoms with Crippen LogP contribution in [0.5, 0.6) is 0 Å². The van der Waals surface area contributed by atoms with E-state index in [2.05, 4.69) is 9.97 Å². The van der Waals surface area contributed by atoms with Crippen molar-refractivity contribution in [3.63, 3.8) is 0 Å². The highest BCUT2D eigenvalue weighted by Crippen LogP contribution is 2.48. The van der Waals surface area contributed by atoms with E-state index in [0.29, 0.717) is 0 Å². The summed E-state index contributed by atoms with van der Waals surface area (Å²) in [5.74, 6) is 0.554. The van der Waals surface area contributed by atoms with Crippen LogP contribution in [-0.4, -0.2) is 23.0 Å². The molecule has 0 saturated heterocycles. The summed E-state index contributed by atoms with van der Waals surface area (Å²) >= 11 is 0. The third kappa shape index (κ3) is 1.44. The van der Waals surface area contributed by atoms with Gasteiger partial charge in [0, 0.05) is 0 Å². The van der Waals surface area contributed by atoms with Gasteiger partial charge in [-0.3, -0.25) is 4.79 Å². The minimum Gasteiger partial charge on any atom is -0.468 e. The highest BCUT2D eigenvalue weighted by Gasteiger charge is 2.55. The number of methoxy groups -OCH3 is 1. The third-order valence-corrected chi connectivity index (χ3v) is 3.42. The first kappa shape index (κ1) is 10.3. The van der Waals surface area contributed by atoms with E-state index in [0.717, 1.165) is 29.7 Å². The minimum absolute atomic E-state index is 0.187.